The summed E-state index contributed by atoms with van der Waals surface area (Å²) in [4.78, 5) is 0. The van der Waals surface area contributed by atoms with Gasteiger partial charge in [0.15, 0.2) is 6.29 Å². The van der Waals surface area contributed by atoms with Crippen LogP contribution in [0.25, 0.3) is 0 Å². The average molecular weight is 469 g/mol. The Kier molecular flexibility index (Phi) is 10.1. The van der Waals surface area contributed by atoms with Crippen LogP contribution in [0.5, 0.6) is 0 Å². The molecule has 0 unspecified atom stereocenters. The molecule has 4 rings (SSSR count). The lowest BCUT2D eigenvalue weighted by Crippen LogP contribution is -2.38. The van der Waals surface area contributed by atoms with Crippen molar-refractivity contribution in [3.63, 3.8) is 0 Å². The van der Waals surface area contributed by atoms with Gasteiger partial charge in [-0.15, -0.1) is 0 Å². The standard InChI is InChI=1S/C28H46F2O3/c1-20-18-32-28(33-19-20)25-12-10-24(11-13-25)23-8-4-21(5-9-23)3-2-16-31-26-14-6-22(7-15-26)17-27(29)30/h17,20-26,28H,2-16,18-19H2,1H3. The van der Waals surface area contributed by atoms with Crippen molar-refractivity contribution in [1.82, 2.24) is 0 Å². The molecular weight excluding hydrogens is 422 g/mol. The van der Waals surface area contributed by atoms with Crippen LogP contribution in [0.3, 0.4) is 0 Å². The molecule has 3 saturated carbocycles. The lowest BCUT2D eigenvalue weighted by Gasteiger charge is -2.40. The third kappa shape index (κ3) is 8.00. The maximum absolute atomic E-state index is 12.4. The first-order chi connectivity index (χ1) is 16.1. The molecule has 4 fully saturated rings. The van der Waals surface area contributed by atoms with Crippen LogP contribution in [0.4, 0.5) is 8.78 Å². The lowest BCUT2D eigenvalue weighted by atomic mass is 9.68. The Labute approximate surface area is 200 Å². The van der Waals surface area contributed by atoms with E-state index < -0.39 is 6.08 Å². The van der Waals surface area contributed by atoms with Crippen LogP contribution in [0.15, 0.2) is 12.2 Å². The summed E-state index contributed by atoms with van der Waals surface area (Å²) in [5, 5.41) is 0. The Balaban J connectivity index is 1.04. The number of allylic oxidation sites excluding steroid dienone is 1. The number of rotatable bonds is 8. The summed E-state index contributed by atoms with van der Waals surface area (Å²) in [5.41, 5.74) is 0. The van der Waals surface area contributed by atoms with Gasteiger partial charge in [0.25, 0.3) is 6.08 Å². The highest BCUT2D eigenvalue weighted by Crippen LogP contribution is 2.43. The van der Waals surface area contributed by atoms with Crippen molar-refractivity contribution in [3.05, 3.63) is 12.2 Å². The minimum absolute atomic E-state index is 0.0535. The maximum atomic E-state index is 12.4. The van der Waals surface area contributed by atoms with E-state index in [0.717, 1.165) is 75.8 Å². The monoisotopic (exact) mass is 468 g/mol. The Morgan fingerprint density at radius 1 is 0.788 bits per heavy atom. The summed E-state index contributed by atoms with van der Waals surface area (Å²) in [5.74, 6) is 3.94. The first-order valence-corrected chi connectivity index (χ1v) is 13.9. The fraction of sp³-hybridized carbons (Fsp3) is 0.929. The predicted octanol–water partition coefficient (Wildman–Crippen LogP) is 7.74. The van der Waals surface area contributed by atoms with Gasteiger partial charge < -0.3 is 14.2 Å². The number of hydrogen-bond acceptors (Lipinski definition) is 3. The molecule has 1 saturated heterocycles. The molecule has 1 heterocycles. The normalized spacial score (nSPS) is 40.3. The third-order valence-corrected chi connectivity index (χ3v) is 9.04. The van der Waals surface area contributed by atoms with Gasteiger partial charge in [0.05, 0.1) is 19.3 Å². The van der Waals surface area contributed by atoms with Crippen molar-refractivity contribution in [2.24, 2.45) is 35.5 Å². The lowest BCUT2D eigenvalue weighted by molar-refractivity contribution is -0.227. The topological polar surface area (TPSA) is 27.7 Å². The van der Waals surface area contributed by atoms with Gasteiger partial charge in [-0.1, -0.05) is 19.8 Å². The summed E-state index contributed by atoms with van der Waals surface area (Å²) in [6, 6.07) is 0. The van der Waals surface area contributed by atoms with E-state index in [1.807, 2.05) is 0 Å². The van der Waals surface area contributed by atoms with E-state index in [1.165, 1.54) is 57.8 Å². The largest absolute Gasteiger partial charge is 0.378 e. The SMILES string of the molecule is CC1COC(C2CCC(C3CCC(CCCOC4CCC(C=C(F)F)CC4)CC3)CC2)OC1. The van der Waals surface area contributed by atoms with Crippen LogP contribution in [0.2, 0.25) is 0 Å². The van der Waals surface area contributed by atoms with E-state index in [1.54, 1.807) is 0 Å². The van der Waals surface area contributed by atoms with Crippen molar-refractivity contribution >= 4 is 0 Å². The van der Waals surface area contributed by atoms with Gasteiger partial charge in [-0.2, -0.15) is 8.78 Å². The fourth-order valence-electron chi connectivity index (χ4n) is 6.95. The van der Waals surface area contributed by atoms with Crippen LogP contribution in [-0.2, 0) is 14.2 Å². The summed E-state index contributed by atoms with van der Waals surface area (Å²) < 4.78 is 42.8. The molecule has 0 atom stereocenters. The zero-order valence-electron chi connectivity index (χ0n) is 20.7. The zero-order chi connectivity index (χ0) is 23.0. The van der Waals surface area contributed by atoms with Crippen molar-refractivity contribution in [2.75, 3.05) is 19.8 Å². The molecule has 1 aliphatic heterocycles. The Bertz CT molecular complexity index is 576. The minimum atomic E-state index is -1.53. The van der Waals surface area contributed by atoms with Gasteiger partial charge in [-0.3, -0.25) is 0 Å². The molecular formula is C28H46F2O3. The van der Waals surface area contributed by atoms with Gasteiger partial charge >= 0.3 is 0 Å². The van der Waals surface area contributed by atoms with E-state index in [9.17, 15) is 8.78 Å². The van der Waals surface area contributed by atoms with E-state index >= 15 is 0 Å². The van der Waals surface area contributed by atoms with Crippen molar-refractivity contribution < 1.29 is 23.0 Å². The quantitative estimate of drug-likeness (QED) is 0.341. The van der Waals surface area contributed by atoms with Crippen LogP contribution < -0.4 is 0 Å². The molecule has 190 valence electrons. The van der Waals surface area contributed by atoms with Crippen molar-refractivity contribution in [2.45, 2.75) is 109 Å². The Morgan fingerprint density at radius 3 is 1.97 bits per heavy atom. The first-order valence-electron chi connectivity index (χ1n) is 13.9. The van der Waals surface area contributed by atoms with E-state index in [-0.39, 0.29) is 18.3 Å². The van der Waals surface area contributed by atoms with Gasteiger partial charge in [0, 0.05) is 18.4 Å². The highest BCUT2D eigenvalue weighted by Gasteiger charge is 2.35. The zero-order valence-corrected chi connectivity index (χ0v) is 20.7. The predicted molar refractivity (Wildman–Crippen MR) is 127 cm³/mol. The average Bonchev–Trinajstić information content (AvgIpc) is 2.84. The molecule has 0 amide bonds. The molecule has 0 aromatic heterocycles. The van der Waals surface area contributed by atoms with Crippen LogP contribution in [0, 0.1) is 35.5 Å². The third-order valence-electron chi connectivity index (χ3n) is 9.04. The Morgan fingerprint density at radius 2 is 1.36 bits per heavy atom. The van der Waals surface area contributed by atoms with Gasteiger partial charge in [0.1, 0.15) is 0 Å². The Hall–Kier alpha value is -0.520. The molecule has 0 aromatic rings. The molecule has 3 aliphatic carbocycles. The highest BCUT2D eigenvalue weighted by molar-refractivity contribution is 4.91. The van der Waals surface area contributed by atoms with Gasteiger partial charge in [-0.25, -0.2) is 0 Å². The van der Waals surface area contributed by atoms with Gasteiger partial charge in [-0.05, 0) is 107 Å². The molecule has 0 bridgehead atoms. The second kappa shape index (κ2) is 13.0. The molecule has 0 aromatic carbocycles. The summed E-state index contributed by atoms with van der Waals surface area (Å²) in [6.07, 6.45) is 16.8. The molecule has 0 N–H and O–H groups in total. The number of ether oxygens (including phenoxy) is 3. The summed E-state index contributed by atoms with van der Waals surface area (Å²) >= 11 is 0. The smallest absolute Gasteiger partial charge is 0.266 e. The van der Waals surface area contributed by atoms with Gasteiger partial charge in [0.2, 0.25) is 0 Å². The second-order valence-corrected chi connectivity index (χ2v) is 11.6. The highest BCUT2D eigenvalue weighted by atomic mass is 19.3. The molecule has 0 radical (unpaired) electrons. The van der Waals surface area contributed by atoms with Crippen LogP contribution in [-0.4, -0.2) is 32.2 Å². The molecule has 3 nitrogen and oxygen atoms in total. The first kappa shape index (κ1) is 25.6. The van der Waals surface area contributed by atoms with Crippen molar-refractivity contribution in [3.8, 4) is 0 Å². The molecule has 33 heavy (non-hydrogen) atoms. The van der Waals surface area contributed by atoms with Crippen LogP contribution in [0.1, 0.15) is 96.8 Å². The van der Waals surface area contributed by atoms with Crippen LogP contribution >= 0.6 is 0 Å². The maximum Gasteiger partial charge on any atom is 0.266 e. The van der Waals surface area contributed by atoms with E-state index in [2.05, 4.69) is 6.92 Å². The molecule has 0 spiro atoms. The fourth-order valence-corrected chi connectivity index (χ4v) is 6.95. The second-order valence-electron chi connectivity index (χ2n) is 11.6. The van der Waals surface area contributed by atoms with E-state index in [4.69, 9.17) is 14.2 Å². The molecule has 4 aliphatic rings. The number of halogens is 2. The minimum Gasteiger partial charge on any atom is -0.378 e. The number of hydrogen-bond donors (Lipinski definition) is 0. The van der Waals surface area contributed by atoms with E-state index in [0.29, 0.717) is 11.8 Å². The summed E-state index contributed by atoms with van der Waals surface area (Å²) in [6.45, 7) is 4.76. The summed E-state index contributed by atoms with van der Waals surface area (Å²) in [7, 11) is 0. The molecule has 5 heteroatoms. The van der Waals surface area contributed by atoms with Crippen molar-refractivity contribution in [1.29, 1.82) is 0 Å².